The molecule has 0 spiro atoms. The molecule has 3 rings (SSSR count). The normalized spacial score (nSPS) is 13.1. The molecule has 2 atom stereocenters. The van der Waals surface area contributed by atoms with Crippen LogP contribution < -0.4 is 5.32 Å². The van der Waals surface area contributed by atoms with Gasteiger partial charge in [0.1, 0.15) is 0 Å². The number of ether oxygens (including phenoxy) is 1. The molecule has 140 valence electrons. The van der Waals surface area contributed by atoms with Gasteiger partial charge in [0.25, 0.3) is 5.91 Å². The van der Waals surface area contributed by atoms with Crippen molar-refractivity contribution in [3.8, 4) is 0 Å². The molecule has 27 heavy (non-hydrogen) atoms. The zero-order chi connectivity index (χ0) is 19.2. The summed E-state index contributed by atoms with van der Waals surface area (Å²) < 4.78 is 5.29. The quantitative estimate of drug-likeness (QED) is 0.630. The molecular weight excluding hydrogens is 342 g/mol. The molecule has 6 heteroatoms. The minimum Gasteiger partial charge on any atom is -0.448 e. The molecule has 0 saturated heterocycles. The van der Waals surface area contributed by atoms with Crippen LogP contribution in [0.25, 0.3) is 10.9 Å². The Bertz CT molecular complexity index is 921. The second-order valence-electron chi connectivity index (χ2n) is 6.60. The van der Waals surface area contributed by atoms with E-state index in [1.165, 1.54) is 5.56 Å². The number of aryl methyl sites for hydroxylation is 1. The highest BCUT2D eigenvalue weighted by Crippen LogP contribution is 2.16. The number of benzene rings is 2. The number of carbonyl (C=O) groups is 2. The largest absolute Gasteiger partial charge is 0.448 e. The average Bonchev–Trinajstić information content (AvgIpc) is 3.11. The van der Waals surface area contributed by atoms with Crippen LogP contribution in [-0.2, 0) is 16.0 Å². The van der Waals surface area contributed by atoms with Crippen LogP contribution in [0.2, 0.25) is 0 Å². The molecule has 0 bridgehead atoms. The lowest BCUT2D eigenvalue weighted by atomic mass is 10.1. The molecule has 1 heterocycles. The molecule has 0 aliphatic rings. The molecule has 6 nitrogen and oxygen atoms in total. The van der Waals surface area contributed by atoms with Gasteiger partial charge in [0, 0.05) is 11.4 Å². The zero-order valence-corrected chi connectivity index (χ0v) is 15.4. The Morgan fingerprint density at radius 2 is 1.78 bits per heavy atom. The number of nitrogens with zero attached hydrogens (tertiary/aromatic N) is 1. The summed E-state index contributed by atoms with van der Waals surface area (Å²) in [6.45, 7) is 3.50. The maximum Gasteiger partial charge on any atom is 0.360 e. The molecule has 0 aliphatic carbocycles. The van der Waals surface area contributed by atoms with Gasteiger partial charge in [-0.05, 0) is 38.3 Å². The number of para-hydroxylation sites is 1. The lowest BCUT2D eigenvalue weighted by molar-refractivity contribution is -0.129. The van der Waals surface area contributed by atoms with Gasteiger partial charge in [-0.1, -0.05) is 48.5 Å². The fourth-order valence-corrected chi connectivity index (χ4v) is 2.85. The van der Waals surface area contributed by atoms with Crippen molar-refractivity contribution in [2.75, 3.05) is 0 Å². The Kier molecular flexibility index (Phi) is 5.86. The van der Waals surface area contributed by atoms with Gasteiger partial charge in [0.15, 0.2) is 11.8 Å². The molecule has 0 saturated carbocycles. The van der Waals surface area contributed by atoms with Gasteiger partial charge in [0.2, 0.25) is 0 Å². The third-order valence-corrected chi connectivity index (χ3v) is 4.41. The van der Waals surface area contributed by atoms with Gasteiger partial charge in [-0.3, -0.25) is 9.89 Å². The van der Waals surface area contributed by atoms with E-state index in [4.69, 9.17) is 4.74 Å². The van der Waals surface area contributed by atoms with Crippen LogP contribution >= 0.6 is 0 Å². The number of hydrogen-bond donors (Lipinski definition) is 2. The van der Waals surface area contributed by atoms with Gasteiger partial charge in [-0.25, -0.2) is 4.79 Å². The molecule has 3 aromatic rings. The van der Waals surface area contributed by atoms with E-state index in [0.717, 1.165) is 18.4 Å². The van der Waals surface area contributed by atoms with Gasteiger partial charge < -0.3 is 10.1 Å². The van der Waals surface area contributed by atoms with E-state index >= 15 is 0 Å². The Hall–Kier alpha value is -3.15. The lowest BCUT2D eigenvalue weighted by Crippen LogP contribution is -2.41. The fourth-order valence-electron chi connectivity index (χ4n) is 2.85. The second kappa shape index (κ2) is 8.49. The van der Waals surface area contributed by atoms with E-state index in [1.807, 2.05) is 43.3 Å². The maximum absolute atomic E-state index is 12.3. The number of fused-ring (bicyclic) bond motifs is 1. The first-order valence-electron chi connectivity index (χ1n) is 9.03. The third-order valence-electron chi connectivity index (χ3n) is 4.41. The molecule has 0 radical (unpaired) electrons. The van der Waals surface area contributed by atoms with E-state index in [2.05, 4.69) is 27.6 Å². The summed E-state index contributed by atoms with van der Waals surface area (Å²) >= 11 is 0. The van der Waals surface area contributed by atoms with Crippen LogP contribution in [0.3, 0.4) is 0 Å². The zero-order valence-electron chi connectivity index (χ0n) is 15.4. The highest BCUT2D eigenvalue weighted by molar-refractivity contribution is 6.02. The van der Waals surface area contributed by atoms with Crippen LogP contribution in [0.15, 0.2) is 54.6 Å². The maximum atomic E-state index is 12.3. The van der Waals surface area contributed by atoms with Crippen molar-refractivity contribution >= 4 is 22.8 Å². The van der Waals surface area contributed by atoms with Crippen molar-refractivity contribution < 1.29 is 14.3 Å². The van der Waals surface area contributed by atoms with Gasteiger partial charge in [-0.15, -0.1) is 0 Å². The number of carbonyl (C=O) groups excluding carboxylic acids is 2. The Morgan fingerprint density at radius 3 is 2.56 bits per heavy atom. The van der Waals surface area contributed by atoms with Crippen molar-refractivity contribution in [3.63, 3.8) is 0 Å². The molecule has 0 fully saturated rings. The molecular formula is C21H23N3O3. The van der Waals surface area contributed by atoms with Crippen molar-refractivity contribution in [2.24, 2.45) is 0 Å². The Labute approximate surface area is 157 Å². The highest BCUT2D eigenvalue weighted by Gasteiger charge is 2.23. The number of esters is 1. The van der Waals surface area contributed by atoms with E-state index in [0.29, 0.717) is 5.39 Å². The summed E-state index contributed by atoms with van der Waals surface area (Å²) in [5, 5.41) is 10.4. The SMILES string of the molecule is C[C@H](OC(=O)c1n[nH]c2ccccc12)C(=O)N[C@@H](C)CCc1ccccc1. The number of hydrogen-bond acceptors (Lipinski definition) is 4. The highest BCUT2D eigenvalue weighted by atomic mass is 16.5. The molecule has 0 aliphatic heterocycles. The van der Waals surface area contributed by atoms with Crippen LogP contribution in [0.1, 0.15) is 36.3 Å². The number of nitrogens with one attached hydrogen (secondary N) is 2. The monoisotopic (exact) mass is 365 g/mol. The van der Waals surface area contributed by atoms with E-state index < -0.39 is 12.1 Å². The van der Waals surface area contributed by atoms with Crippen molar-refractivity contribution in [3.05, 3.63) is 65.9 Å². The first-order chi connectivity index (χ1) is 13.0. The molecule has 2 N–H and O–H groups in total. The van der Waals surface area contributed by atoms with Gasteiger partial charge in [0.05, 0.1) is 5.52 Å². The minimum absolute atomic E-state index is 0.0231. The first kappa shape index (κ1) is 18.6. The number of amides is 1. The number of aromatic amines is 1. The molecule has 1 aromatic heterocycles. The van der Waals surface area contributed by atoms with Crippen LogP contribution in [-0.4, -0.2) is 34.2 Å². The molecule has 2 aromatic carbocycles. The summed E-state index contributed by atoms with van der Waals surface area (Å²) in [5.74, 6) is -0.934. The van der Waals surface area contributed by atoms with E-state index in [1.54, 1.807) is 13.0 Å². The van der Waals surface area contributed by atoms with E-state index in [-0.39, 0.29) is 17.6 Å². The summed E-state index contributed by atoms with van der Waals surface area (Å²) in [5.41, 5.74) is 2.15. The fraction of sp³-hybridized carbons (Fsp3) is 0.286. The first-order valence-corrected chi connectivity index (χ1v) is 9.03. The number of H-pyrrole nitrogens is 1. The van der Waals surface area contributed by atoms with E-state index in [9.17, 15) is 9.59 Å². The summed E-state index contributed by atoms with van der Waals surface area (Å²) in [4.78, 5) is 24.7. The summed E-state index contributed by atoms with van der Waals surface area (Å²) in [6, 6.07) is 17.4. The topological polar surface area (TPSA) is 84.1 Å². The Balaban J connectivity index is 1.51. The van der Waals surface area contributed by atoms with Crippen molar-refractivity contribution in [1.82, 2.24) is 15.5 Å². The third kappa shape index (κ3) is 4.73. The summed E-state index contributed by atoms with van der Waals surface area (Å²) in [7, 11) is 0. The van der Waals surface area contributed by atoms with Crippen LogP contribution in [0, 0.1) is 0 Å². The van der Waals surface area contributed by atoms with Crippen LogP contribution in [0.4, 0.5) is 0 Å². The van der Waals surface area contributed by atoms with Crippen LogP contribution in [0.5, 0.6) is 0 Å². The Morgan fingerprint density at radius 1 is 1.07 bits per heavy atom. The predicted octanol–water partition coefficient (Wildman–Crippen LogP) is 3.25. The van der Waals surface area contributed by atoms with Gasteiger partial charge in [-0.2, -0.15) is 5.10 Å². The number of aromatic nitrogens is 2. The lowest BCUT2D eigenvalue weighted by Gasteiger charge is -2.17. The number of rotatable bonds is 7. The standard InChI is InChI=1S/C21H23N3O3/c1-14(12-13-16-8-4-3-5-9-16)22-20(25)15(2)27-21(26)19-17-10-6-7-11-18(17)23-24-19/h3-11,14-15H,12-13H2,1-2H3,(H,22,25)(H,23,24)/t14-,15-/m0/s1. The second-order valence-corrected chi connectivity index (χ2v) is 6.60. The van der Waals surface area contributed by atoms with Crippen molar-refractivity contribution in [1.29, 1.82) is 0 Å². The molecule has 1 amide bonds. The average molecular weight is 365 g/mol. The summed E-state index contributed by atoms with van der Waals surface area (Å²) in [6.07, 6.45) is 0.781. The smallest absolute Gasteiger partial charge is 0.360 e. The van der Waals surface area contributed by atoms with Gasteiger partial charge >= 0.3 is 5.97 Å². The van der Waals surface area contributed by atoms with Crippen molar-refractivity contribution in [2.45, 2.75) is 38.8 Å². The minimum atomic E-state index is -0.896. The predicted molar refractivity (Wildman–Crippen MR) is 103 cm³/mol. The molecule has 0 unspecified atom stereocenters.